The van der Waals surface area contributed by atoms with Crippen molar-refractivity contribution in [3.8, 4) is 10.6 Å². The predicted molar refractivity (Wildman–Crippen MR) is 98.8 cm³/mol. The minimum Gasteiger partial charge on any atom is -0.363 e. The van der Waals surface area contributed by atoms with Gasteiger partial charge in [0.25, 0.3) is 0 Å². The molecule has 3 aromatic rings. The predicted octanol–water partition coefficient (Wildman–Crippen LogP) is 5.61. The standard InChI is InChI=1S/C19H19F3N4S/c20-19(21,22)15-2-1-14(27-15)13-11-23-17-4-3-16(25-26(13)17)24-18-8-5-12(6-9-18)7-10-18/h1-4,11-12H,5-10H2,(H,24,25). The Hall–Kier alpha value is -2.09. The maximum atomic E-state index is 12.9. The molecule has 0 atom stereocenters. The van der Waals surface area contributed by atoms with Crippen molar-refractivity contribution < 1.29 is 13.2 Å². The molecular formula is C19H19F3N4S. The first-order chi connectivity index (χ1) is 12.9. The second-order valence-electron chi connectivity index (χ2n) is 7.68. The summed E-state index contributed by atoms with van der Waals surface area (Å²) >= 11 is 0.718. The van der Waals surface area contributed by atoms with Crippen molar-refractivity contribution in [1.29, 1.82) is 0 Å². The Labute approximate surface area is 158 Å². The SMILES string of the molecule is FC(F)(F)c1ccc(-c2cnc3ccc(NC45CCC(CC4)CC5)nn23)s1. The molecule has 0 amide bonds. The van der Waals surface area contributed by atoms with Crippen LogP contribution in [0.2, 0.25) is 0 Å². The van der Waals surface area contributed by atoms with E-state index in [1.165, 1.54) is 25.3 Å². The van der Waals surface area contributed by atoms with Crippen molar-refractivity contribution in [3.05, 3.63) is 35.3 Å². The van der Waals surface area contributed by atoms with Gasteiger partial charge in [0.05, 0.1) is 11.1 Å². The summed E-state index contributed by atoms with van der Waals surface area (Å²) in [6.45, 7) is 0. The average Bonchev–Trinajstić information content (AvgIpc) is 3.29. The normalized spacial score (nSPS) is 25.2. The van der Waals surface area contributed by atoms with Gasteiger partial charge in [0.15, 0.2) is 5.65 Å². The lowest BCUT2D eigenvalue weighted by atomic mass is 9.66. The highest BCUT2D eigenvalue weighted by Crippen LogP contribution is 2.45. The number of alkyl halides is 3. The highest BCUT2D eigenvalue weighted by Gasteiger charge is 2.40. The molecule has 0 radical (unpaired) electrons. The van der Waals surface area contributed by atoms with Gasteiger partial charge in [-0.2, -0.15) is 13.2 Å². The molecule has 3 fully saturated rings. The topological polar surface area (TPSA) is 42.2 Å². The summed E-state index contributed by atoms with van der Waals surface area (Å²) in [6, 6.07) is 6.38. The fourth-order valence-electron chi connectivity index (χ4n) is 4.44. The maximum absolute atomic E-state index is 12.9. The number of thiophene rings is 1. The Morgan fingerprint density at radius 1 is 1.07 bits per heavy atom. The van der Waals surface area contributed by atoms with Crippen LogP contribution < -0.4 is 5.32 Å². The molecule has 0 saturated heterocycles. The van der Waals surface area contributed by atoms with Gasteiger partial charge in [-0.05, 0) is 68.7 Å². The summed E-state index contributed by atoms with van der Waals surface area (Å²) in [5, 5.41) is 8.29. The van der Waals surface area contributed by atoms with Crippen LogP contribution in [-0.4, -0.2) is 20.1 Å². The highest BCUT2D eigenvalue weighted by molar-refractivity contribution is 7.15. The summed E-state index contributed by atoms with van der Waals surface area (Å²) in [7, 11) is 0. The number of hydrogen-bond donors (Lipinski definition) is 1. The van der Waals surface area contributed by atoms with Crippen LogP contribution >= 0.6 is 11.3 Å². The van der Waals surface area contributed by atoms with Crippen LogP contribution in [0.1, 0.15) is 43.4 Å². The number of nitrogens with one attached hydrogen (secondary N) is 1. The molecule has 27 heavy (non-hydrogen) atoms. The molecule has 1 N–H and O–H groups in total. The van der Waals surface area contributed by atoms with E-state index >= 15 is 0 Å². The molecule has 3 aliphatic rings. The van der Waals surface area contributed by atoms with Crippen LogP contribution in [0.3, 0.4) is 0 Å². The van der Waals surface area contributed by atoms with E-state index in [0.717, 1.165) is 48.4 Å². The van der Waals surface area contributed by atoms with Crippen molar-refractivity contribution in [3.63, 3.8) is 0 Å². The molecule has 6 rings (SSSR count). The Balaban J connectivity index is 1.48. The summed E-state index contributed by atoms with van der Waals surface area (Å²) in [6.07, 6.45) is 4.53. The molecule has 0 aliphatic heterocycles. The maximum Gasteiger partial charge on any atom is 0.425 e. The zero-order valence-corrected chi connectivity index (χ0v) is 15.4. The highest BCUT2D eigenvalue weighted by atomic mass is 32.1. The van der Waals surface area contributed by atoms with E-state index in [2.05, 4.69) is 15.4 Å². The number of halogens is 3. The molecule has 3 saturated carbocycles. The molecule has 142 valence electrons. The molecule has 3 aliphatic carbocycles. The van der Waals surface area contributed by atoms with E-state index in [4.69, 9.17) is 0 Å². The average molecular weight is 392 g/mol. The van der Waals surface area contributed by atoms with Crippen molar-refractivity contribution >= 4 is 22.8 Å². The number of anilines is 1. The molecular weight excluding hydrogens is 373 g/mol. The van der Waals surface area contributed by atoms with Crippen LogP contribution in [0.15, 0.2) is 30.5 Å². The Bertz CT molecular complexity index is 969. The van der Waals surface area contributed by atoms with E-state index in [1.54, 1.807) is 10.7 Å². The number of aromatic nitrogens is 3. The third kappa shape index (κ3) is 2.99. The quantitative estimate of drug-likeness (QED) is 0.630. The van der Waals surface area contributed by atoms with E-state index in [1.807, 2.05) is 12.1 Å². The van der Waals surface area contributed by atoms with Crippen LogP contribution in [0, 0.1) is 5.92 Å². The number of fused-ring (bicyclic) bond motifs is 4. The summed E-state index contributed by atoms with van der Waals surface area (Å²) in [4.78, 5) is 4.20. The van der Waals surface area contributed by atoms with Crippen molar-refractivity contribution in [2.75, 3.05) is 5.32 Å². The molecule has 3 aromatic heterocycles. The molecule has 0 unspecified atom stereocenters. The molecule has 3 heterocycles. The van der Waals surface area contributed by atoms with Crippen molar-refractivity contribution in [1.82, 2.24) is 14.6 Å². The van der Waals surface area contributed by atoms with E-state index in [-0.39, 0.29) is 5.54 Å². The van der Waals surface area contributed by atoms with Crippen LogP contribution in [0.5, 0.6) is 0 Å². The third-order valence-corrected chi connectivity index (χ3v) is 7.14. The third-order valence-electron chi connectivity index (χ3n) is 5.99. The molecule has 2 bridgehead atoms. The minimum absolute atomic E-state index is 0.114. The van der Waals surface area contributed by atoms with Crippen LogP contribution in [0.4, 0.5) is 19.0 Å². The van der Waals surface area contributed by atoms with E-state index < -0.39 is 11.1 Å². The number of rotatable bonds is 3. The van der Waals surface area contributed by atoms with E-state index in [0.29, 0.717) is 16.2 Å². The summed E-state index contributed by atoms with van der Waals surface area (Å²) in [5.41, 5.74) is 1.32. The molecule has 0 aromatic carbocycles. The van der Waals surface area contributed by atoms with Crippen LogP contribution in [-0.2, 0) is 6.18 Å². The Morgan fingerprint density at radius 2 is 1.81 bits per heavy atom. The minimum atomic E-state index is -4.33. The number of hydrogen-bond acceptors (Lipinski definition) is 4. The molecule has 8 heteroatoms. The van der Waals surface area contributed by atoms with Gasteiger partial charge in [0.2, 0.25) is 0 Å². The van der Waals surface area contributed by atoms with Gasteiger partial charge in [0, 0.05) is 5.54 Å². The van der Waals surface area contributed by atoms with Gasteiger partial charge < -0.3 is 5.32 Å². The second kappa shape index (κ2) is 5.95. The van der Waals surface area contributed by atoms with Crippen LogP contribution in [0.25, 0.3) is 16.2 Å². The van der Waals surface area contributed by atoms with Gasteiger partial charge in [-0.25, -0.2) is 9.50 Å². The lowest BCUT2D eigenvalue weighted by Crippen LogP contribution is -2.46. The van der Waals surface area contributed by atoms with Crippen molar-refractivity contribution in [2.45, 2.75) is 50.2 Å². The smallest absolute Gasteiger partial charge is 0.363 e. The van der Waals surface area contributed by atoms with Gasteiger partial charge in [-0.3, -0.25) is 0 Å². The van der Waals surface area contributed by atoms with Gasteiger partial charge in [0.1, 0.15) is 16.4 Å². The fourth-order valence-corrected chi connectivity index (χ4v) is 5.31. The molecule has 4 nitrogen and oxygen atoms in total. The Kier molecular flexibility index (Phi) is 3.76. The Morgan fingerprint density at radius 3 is 2.48 bits per heavy atom. The van der Waals surface area contributed by atoms with Crippen molar-refractivity contribution in [2.24, 2.45) is 5.92 Å². The van der Waals surface area contributed by atoms with Gasteiger partial charge >= 0.3 is 6.18 Å². The first-order valence-electron chi connectivity index (χ1n) is 9.22. The fraction of sp³-hybridized carbons (Fsp3) is 0.474. The molecule has 0 spiro atoms. The first kappa shape index (κ1) is 17.0. The van der Waals surface area contributed by atoms with E-state index in [9.17, 15) is 13.2 Å². The zero-order valence-electron chi connectivity index (χ0n) is 14.6. The lowest BCUT2D eigenvalue weighted by molar-refractivity contribution is -0.134. The number of imidazole rings is 1. The largest absolute Gasteiger partial charge is 0.425 e. The monoisotopic (exact) mass is 392 g/mol. The zero-order chi connectivity index (χ0) is 18.6. The second-order valence-corrected chi connectivity index (χ2v) is 8.76. The summed E-state index contributed by atoms with van der Waals surface area (Å²) in [5.74, 6) is 1.64. The number of nitrogens with zero attached hydrogens (tertiary/aromatic N) is 3. The summed E-state index contributed by atoms with van der Waals surface area (Å²) < 4.78 is 40.4. The first-order valence-corrected chi connectivity index (χ1v) is 10.0. The lowest BCUT2D eigenvalue weighted by Gasteiger charge is -2.47. The van der Waals surface area contributed by atoms with Gasteiger partial charge in [-0.1, -0.05) is 0 Å². The van der Waals surface area contributed by atoms with Gasteiger partial charge in [-0.15, -0.1) is 16.4 Å².